The largest absolute Gasteiger partial charge is 0.316 e. The third-order valence-corrected chi connectivity index (χ3v) is 4.86. The van der Waals surface area contributed by atoms with Crippen LogP contribution in [0.4, 0.5) is 0 Å². The maximum Gasteiger partial charge on any atom is 0.0820 e. The second-order valence-corrected chi connectivity index (χ2v) is 6.59. The number of halogens is 1. The van der Waals surface area contributed by atoms with Gasteiger partial charge in [-0.2, -0.15) is 5.10 Å². The SMILES string of the molecule is CCCNCC1CCC(C)CC1c1c(Cl)cnn1CC. The van der Waals surface area contributed by atoms with E-state index in [1.165, 1.54) is 31.4 Å². The highest BCUT2D eigenvalue weighted by Crippen LogP contribution is 2.42. The molecule has 1 aliphatic rings. The Morgan fingerprint density at radius 2 is 2.20 bits per heavy atom. The third-order valence-electron chi connectivity index (χ3n) is 4.57. The normalized spacial score (nSPS) is 26.9. The fourth-order valence-corrected chi connectivity index (χ4v) is 3.76. The van der Waals surface area contributed by atoms with Gasteiger partial charge in [0.2, 0.25) is 0 Å². The van der Waals surface area contributed by atoms with Gasteiger partial charge in [-0.1, -0.05) is 31.9 Å². The molecule has 0 bridgehead atoms. The molecule has 1 heterocycles. The monoisotopic (exact) mass is 297 g/mol. The summed E-state index contributed by atoms with van der Waals surface area (Å²) in [6.45, 7) is 9.85. The maximum absolute atomic E-state index is 6.43. The topological polar surface area (TPSA) is 29.9 Å². The maximum atomic E-state index is 6.43. The average molecular weight is 298 g/mol. The van der Waals surface area contributed by atoms with Crippen LogP contribution in [0, 0.1) is 11.8 Å². The molecule has 1 aromatic rings. The zero-order valence-corrected chi connectivity index (χ0v) is 13.8. The molecule has 0 aromatic carbocycles. The van der Waals surface area contributed by atoms with Gasteiger partial charge in [-0.25, -0.2) is 0 Å². The summed E-state index contributed by atoms with van der Waals surface area (Å²) in [5.74, 6) is 2.04. The number of hydrogen-bond donors (Lipinski definition) is 1. The van der Waals surface area contributed by atoms with Crippen molar-refractivity contribution in [3.63, 3.8) is 0 Å². The summed E-state index contributed by atoms with van der Waals surface area (Å²) >= 11 is 6.43. The molecule has 114 valence electrons. The molecule has 0 aliphatic heterocycles. The summed E-state index contributed by atoms with van der Waals surface area (Å²) in [7, 11) is 0. The first-order chi connectivity index (χ1) is 9.67. The van der Waals surface area contributed by atoms with Crippen LogP contribution >= 0.6 is 11.6 Å². The van der Waals surface area contributed by atoms with Crippen LogP contribution in [0.1, 0.15) is 58.1 Å². The van der Waals surface area contributed by atoms with Crippen molar-refractivity contribution in [3.05, 3.63) is 16.9 Å². The van der Waals surface area contributed by atoms with Crippen LogP contribution in [0.25, 0.3) is 0 Å². The Hall–Kier alpha value is -0.540. The van der Waals surface area contributed by atoms with Crippen molar-refractivity contribution in [2.24, 2.45) is 11.8 Å². The standard InChI is InChI=1S/C16H28ClN3/c1-4-8-18-10-13-7-6-12(3)9-14(13)16-15(17)11-19-20(16)5-2/h11-14,18H,4-10H2,1-3H3. The summed E-state index contributed by atoms with van der Waals surface area (Å²) in [6, 6.07) is 0. The second kappa shape index (κ2) is 7.46. The first-order valence-electron chi connectivity index (χ1n) is 8.09. The van der Waals surface area contributed by atoms with Crippen molar-refractivity contribution < 1.29 is 0 Å². The van der Waals surface area contributed by atoms with Crippen LogP contribution in [0.15, 0.2) is 6.20 Å². The van der Waals surface area contributed by atoms with Crippen molar-refractivity contribution in [2.75, 3.05) is 13.1 Å². The van der Waals surface area contributed by atoms with Gasteiger partial charge in [-0.05, 0) is 51.1 Å². The van der Waals surface area contributed by atoms with Gasteiger partial charge >= 0.3 is 0 Å². The van der Waals surface area contributed by atoms with E-state index in [-0.39, 0.29) is 0 Å². The highest BCUT2D eigenvalue weighted by Gasteiger charge is 2.33. The quantitative estimate of drug-likeness (QED) is 0.802. The molecule has 1 aliphatic carbocycles. The van der Waals surface area contributed by atoms with E-state index in [1.807, 2.05) is 6.20 Å². The van der Waals surface area contributed by atoms with Gasteiger partial charge < -0.3 is 5.32 Å². The van der Waals surface area contributed by atoms with E-state index in [1.54, 1.807) is 0 Å². The van der Waals surface area contributed by atoms with Gasteiger partial charge in [0.15, 0.2) is 0 Å². The molecule has 1 N–H and O–H groups in total. The first kappa shape index (κ1) is 15.8. The molecule has 3 nitrogen and oxygen atoms in total. The van der Waals surface area contributed by atoms with E-state index < -0.39 is 0 Å². The predicted octanol–water partition coefficient (Wildman–Crippen LogP) is 4.08. The molecule has 0 radical (unpaired) electrons. The predicted molar refractivity (Wildman–Crippen MR) is 85.3 cm³/mol. The van der Waals surface area contributed by atoms with Gasteiger partial charge in [-0.15, -0.1) is 0 Å². The Morgan fingerprint density at radius 1 is 1.40 bits per heavy atom. The van der Waals surface area contributed by atoms with Crippen molar-refractivity contribution in [2.45, 2.75) is 58.9 Å². The minimum atomic E-state index is 0.554. The Morgan fingerprint density at radius 3 is 2.90 bits per heavy atom. The van der Waals surface area contributed by atoms with Crippen LogP contribution < -0.4 is 5.32 Å². The second-order valence-electron chi connectivity index (χ2n) is 6.18. The molecular weight excluding hydrogens is 270 g/mol. The molecule has 2 rings (SSSR count). The molecule has 0 spiro atoms. The van der Waals surface area contributed by atoms with E-state index in [9.17, 15) is 0 Å². The van der Waals surface area contributed by atoms with Crippen molar-refractivity contribution in [1.82, 2.24) is 15.1 Å². The molecule has 4 heteroatoms. The van der Waals surface area contributed by atoms with E-state index in [0.29, 0.717) is 11.8 Å². The van der Waals surface area contributed by atoms with Crippen LogP contribution in [0.5, 0.6) is 0 Å². The molecule has 3 atom stereocenters. The fraction of sp³-hybridized carbons (Fsp3) is 0.812. The molecule has 1 saturated carbocycles. The molecule has 0 saturated heterocycles. The van der Waals surface area contributed by atoms with Gasteiger partial charge in [0.1, 0.15) is 0 Å². The Balaban J connectivity index is 2.16. The lowest BCUT2D eigenvalue weighted by atomic mass is 9.73. The number of rotatable bonds is 6. The third kappa shape index (κ3) is 3.56. The summed E-state index contributed by atoms with van der Waals surface area (Å²) in [6.07, 6.45) is 6.89. The Bertz CT molecular complexity index is 416. The summed E-state index contributed by atoms with van der Waals surface area (Å²) in [5, 5.41) is 8.88. The molecule has 0 amide bonds. The lowest BCUT2D eigenvalue weighted by Crippen LogP contribution is -2.33. The van der Waals surface area contributed by atoms with Crippen molar-refractivity contribution in [3.8, 4) is 0 Å². The lowest BCUT2D eigenvalue weighted by molar-refractivity contribution is 0.233. The smallest absolute Gasteiger partial charge is 0.0820 e. The first-order valence-corrected chi connectivity index (χ1v) is 8.47. The number of aromatic nitrogens is 2. The minimum absolute atomic E-state index is 0.554. The van der Waals surface area contributed by atoms with E-state index in [2.05, 4.69) is 35.9 Å². The number of aryl methyl sites for hydroxylation is 1. The molecular formula is C16H28ClN3. The highest BCUT2D eigenvalue weighted by atomic mass is 35.5. The molecule has 3 unspecified atom stereocenters. The summed E-state index contributed by atoms with van der Waals surface area (Å²) < 4.78 is 2.10. The van der Waals surface area contributed by atoms with Gasteiger partial charge in [0.05, 0.1) is 16.9 Å². The number of nitrogens with zero attached hydrogens (tertiary/aromatic N) is 2. The molecule has 20 heavy (non-hydrogen) atoms. The Labute approximate surface area is 128 Å². The Kier molecular flexibility index (Phi) is 5.91. The van der Waals surface area contributed by atoms with Crippen LogP contribution in [0.3, 0.4) is 0 Å². The highest BCUT2D eigenvalue weighted by molar-refractivity contribution is 6.31. The minimum Gasteiger partial charge on any atom is -0.316 e. The number of hydrogen-bond acceptors (Lipinski definition) is 2. The zero-order valence-electron chi connectivity index (χ0n) is 13.0. The van der Waals surface area contributed by atoms with Gasteiger partial charge in [0, 0.05) is 12.5 Å². The summed E-state index contributed by atoms with van der Waals surface area (Å²) in [5.41, 5.74) is 1.27. The van der Waals surface area contributed by atoms with E-state index >= 15 is 0 Å². The fourth-order valence-electron chi connectivity index (χ4n) is 3.48. The summed E-state index contributed by atoms with van der Waals surface area (Å²) in [4.78, 5) is 0. The average Bonchev–Trinajstić information content (AvgIpc) is 2.81. The molecule has 1 aromatic heterocycles. The van der Waals surface area contributed by atoms with Crippen molar-refractivity contribution >= 4 is 11.6 Å². The van der Waals surface area contributed by atoms with E-state index in [0.717, 1.165) is 30.6 Å². The van der Waals surface area contributed by atoms with Crippen LogP contribution in [0.2, 0.25) is 5.02 Å². The van der Waals surface area contributed by atoms with Crippen LogP contribution in [-0.4, -0.2) is 22.9 Å². The van der Waals surface area contributed by atoms with Crippen LogP contribution in [-0.2, 0) is 6.54 Å². The number of nitrogens with one attached hydrogen (secondary N) is 1. The van der Waals surface area contributed by atoms with Gasteiger partial charge in [-0.3, -0.25) is 4.68 Å². The van der Waals surface area contributed by atoms with Gasteiger partial charge in [0.25, 0.3) is 0 Å². The zero-order chi connectivity index (χ0) is 14.5. The molecule has 1 fully saturated rings. The van der Waals surface area contributed by atoms with Crippen molar-refractivity contribution in [1.29, 1.82) is 0 Å². The lowest BCUT2D eigenvalue weighted by Gasteiger charge is -2.35. The van der Waals surface area contributed by atoms with E-state index in [4.69, 9.17) is 11.6 Å².